The summed E-state index contributed by atoms with van der Waals surface area (Å²) in [5.74, 6) is 0.651. The van der Waals surface area contributed by atoms with E-state index in [4.69, 9.17) is 18.9 Å². The van der Waals surface area contributed by atoms with Gasteiger partial charge in [0.15, 0.2) is 11.5 Å². The lowest BCUT2D eigenvalue weighted by molar-refractivity contribution is -0.125. The molecule has 1 aliphatic carbocycles. The predicted octanol–water partition coefficient (Wildman–Crippen LogP) is 3.25. The van der Waals surface area contributed by atoms with Crippen LogP contribution in [-0.4, -0.2) is 70.2 Å². The summed E-state index contributed by atoms with van der Waals surface area (Å²) in [5, 5.41) is 5.35. The van der Waals surface area contributed by atoms with Crippen LogP contribution in [0.15, 0.2) is 36.4 Å². The molecule has 0 heterocycles. The Balaban J connectivity index is 1.70. The van der Waals surface area contributed by atoms with Crippen molar-refractivity contribution in [3.05, 3.63) is 42.0 Å². The van der Waals surface area contributed by atoms with Crippen molar-refractivity contribution in [3.8, 4) is 23.0 Å². The number of nitrogens with one attached hydrogen (secondary N) is 2. The first-order valence-corrected chi connectivity index (χ1v) is 12.2. The summed E-state index contributed by atoms with van der Waals surface area (Å²) >= 11 is 0. The molecule has 1 aliphatic rings. The smallest absolute Gasteiger partial charge is 0.254 e. The average Bonchev–Trinajstić information content (AvgIpc) is 2.94. The van der Waals surface area contributed by atoms with Gasteiger partial charge in [-0.1, -0.05) is 19.3 Å². The molecule has 0 atom stereocenters. The van der Waals surface area contributed by atoms with Crippen LogP contribution >= 0.6 is 0 Å². The van der Waals surface area contributed by atoms with Gasteiger partial charge in [0.25, 0.3) is 5.91 Å². The number of benzene rings is 2. The van der Waals surface area contributed by atoms with E-state index in [1.807, 2.05) is 0 Å². The van der Waals surface area contributed by atoms with E-state index >= 15 is 0 Å². The highest BCUT2D eigenvalue weighted by Crippen LogP contribution is 2.39. The lowest BCUT2D eigenvalue weighted by atomic mass is 9.93. The molecule has 0 spiro atoms. The van der Waals surface area contributed by atoms with Crippen LogP contribution in [-0.2, 0) is 9.59 Å². The van der Waals surface area contributed by atoms with Crippen LogP contribution in [0.25, 0.3) is 0 Å². The zero-order chi connectivity index (χ0) is 26.8. The van der Waals surface area contributed by atoms with Crippen molar-refractivity contribution in [1.29, 1.82) is 0 Å². The van der Waals surface area contributed by atoms with Gasteiger partial charge in [0, 0.05) is 17.3 Å². The molecule has 3 rings (SSSR count). The Morgan fingerprint density at radius 1 is 0.838 bits per heavy atom. The van der Waals surface area contributed by atoms with E-state index in [9.17, 15) is 14.4 Å². The summed E-state index contributed by atoms with van der Waals surface area (Å²) in [4.78, 5) is 40.4. The normalized spacial score (nSPS) is 13.3. The summed E-state index contributed by atoms with van der Waals surface area (Å²) in [5.41, 5.74) is 0.909. The third kappa shape index (κ3) is 7.28. The topological polar surface area (TPSA) is 115 Å². The standard InChI is InChI=1S/C27H35N3O7/c1-34-21-12-10-19(11-13-21)29-24(31)16-28-25(32)17-30(20-8-6-5-7-9-20)27(33)18-14-22(35-2)26(37-4)23(15-18)36-3/h10-15,20H,5-9,16-17H2,1-4H3,(H,28,32)(H,29,31). The number of ether oxygens (including phenoxy) is 4. The minimum Gasteiger partial charge on any atom is -0.497 e. The molecular weight excluding hydrogens is 478 g/mol. The number of anilines is 1. The van der Waals surface area contributed by atoms with Crippen LogP contribution in [0.3, 0.4) is 0 Å². The molecule has 10 nitrogen and oxygen atoms in total. The lowest BCUT2D eigenvalue weighted by Gasteiger charge is -2.34. The summed E-state index contributed by atoms with van der Waals surface area (Å²) < 4.78 is 21.3. The van der Waals surface area contributed by atoms with Crippen LogP contribution in [0.4, 0.5) is 5.69 Å². The predicted molar refractivity (Wildman–Crippen MR) is 139 cm³/mol. The first kappa shape index (κ1) is 27.6. The average molecular weight is 514 g/mol. The van der Waals surface area contributed by atoms with Gasteiger partial charge < -0.3 is 34.5 Å². The number of methoxy groups -OCH3 is 4. The highest BCUT2D eigenvalue weighted by Gasteiger charge is 2.29. The fourth-order valence-electron chi connectivity index (χ4n) is 4.40. The highest BCUT2D eigenvalue weighted by molar-refractivity contribution is 5.99. The van der Waals surface area contributed by atoms with Crippen molar-refractivity contribution in [1.82, 2.24) is 10.2 Å². The molecule has 3 amide bonds. The second-order valence-corrected chi connectivity index (χ2v) is 8.69. The van der Waals surface area contributed by atoms with Gasteiger partial charge >= 0.3 is 0 Å². The third-order valence-electron chi connectivity index (χ3n) is 6.32. The van der Waals surface area contributed by atoms with E-state index in [0.717, 1.165) is 32.1 Å². The number of hydrogen-bond acceptors (Lipinski definition) is 7. The van der Waals surface area contributed by atoms with Crippen molar-refractivity contribution < 1.29 is 33.3 Å². The fraction of sp³-hybridized carbons (Fsp3) is 0.444. The number of carbonyl (C=O) groups excluding carboxylic acids is 3. The number of nitrogens with zero attached hydrogens (tertiary/aromatic N) is 1. The maximum Gasteiger partial charge on any atom is 0.254 e. The molecule has 1 fully saturated rings. The number of rotatable bonds is 11. The maximum absolute atomic E-state index is 13.7. The molecular formula is C27H35N3O7. The molecule has 10 heteroatoms. The zero-order valence-corrected chi connectivity index (χ0v) is 21.8. The summed E-state index contributed by atoms with van der Waals surface area (Å²) in [6.45, 7) is -0.391. The van der Waals surface area contributed by atoms with Gasteiger partial charge in [0.05, 0.1) is 35.0 Å². The maximum atomic E-state index is 13.7. The molecule has 0 radical (unpaired) electrons. The van der Waals surface area contributed by atoms with Crippen molar-refractivity contribution in [2.24, 2.45) is 0 Å². The third-order valence-corrected chi connectivity index (χ3v) is 6.32. The summed E-state index contributed by atoms with van der Waals surface area (Å²) in [6.07, 6.45) is 4.68. The Hall–Kier alpha value is -3.95. The van der Waals surface area contributed by atoms with Crippen molar-refractivity contribution >= 4 is 23.4 Å². The molecule has 0 unspecified atom stereocenters. The Morgan fingerprint density at radius 3 is 2.00 bits per heavy atom. The molecule has 2 aromatic carbocycles. The van der Waals surface area contributed by atoms with E-state index in [-0.39, 0.29) is 30.9 Å². The van der Waals surface area contributed by atoms with Crippen molar-refractivity contribution in [2.45, 2.75) is 38.1 Å². The molecule has 200 valence electrons. The van der Waals surface area contributed by atoms with E-state index in [1.54, 1.807) is 48.4 Å². The molecule has 37 heavy (non-hydrogen) atoms. The highest BCUT2D eigenvalue weighted by atomic mass is 16.5. The van der Waals surface area contributed by atoms with Gasteiger partial charge in [0.1, 0.15) is 12.3 Å². The molecule has 2 aromatic rings. The van der Waals surface area contributed by atoms with Crippen LogP contribution in [0, 0.1) is 0 Å². The van der Waals surface area contributed by atoms with Gasteiger partial charge in [-0.15, -0.1) is 0 Å². The van der Waals surface area contributed by atoms with Gasteiger partial charge in [-0.05, 0) is 49.2 Å². The molecule has 0 aliphatic heterocycles. The van der Waals surface area contributed by atoms with E-state index in [2.05, 4.69) is 10.6 Å². The van der Waals surface area contributed by atoms with Crippen LogP contribution in [0.5, 0.6) is 23.0 Å². The Labute approximate surface area is 217 Å². The minimum absolute atomic E-state index is 0.0841. The van der Waals surface area contributed by atoms with E-state index < -0.39 is 5.91 Å². The minimum atomic E-state index is -0.420. The molecule has 0 saturated heterocycles. The monoisotopic (exact) mass is 513 g/mol. The Bertz CT molecular complexity index is 1060. The fourth-order valence-corrected chi connectivity index (χ4v) is 4.40. The van der Waals surface area contributed by atoms with E-state index in [1.165, 1.54) is 21.3 Å². The molecule has 0 aromatic heterocycles. The molecule has 0 bridgehead atoms. The summed E-state index contributed by atoms with van der Waals surface area (Å²) in [7, 11) is 6.02. The molecule has 1 saturated carbocycles. The summed E-state index contributed by atoms with van der Waals surface area (Å²) in [6, 6.07) is 9.95. The first-order valence-electron chi connectivity index (χ1n) is 12.2. The van der Waals surface area contributed by atoms with E-state index in [0.29, 0.717) is 34.2 Å². The van der Waals surface area contributed by atoms with Crippen molar-refractivity contribution in [2.75, 3.05) is 46.8 Å². The second-order valence-electron chi connectivity index (χ2n) is 8.69. The van der Waals surface area contributed by atoms with Crippen LogP contribution in [0.1, 0.15) is 42.5 Å². The molecule has 2 N–H and O–H groups in total. The van der Waals surface area contributed by atoms with Gasteiger partial charge in [-0.2, -0.15) is 0 Å². The number of amides is 3. The van der Waals surface area contributed by atoms with Gasteiger partial charge in [-0.3, -0.25) is 14.4 Å². The van der Waals surface area contributed by atoms with Gasteiger partial charge in [-0.25, -0.2) is 0 Å². The lowest BCUT2D eigenvalue weighted by Crippen LogP contribution is -2.48. The second kappa shape index (κ2) is 13.4. The quantitative estimate of drug-likeness (QED) is 0.474. The first-order chi connectivity index (χ1) is 17.9. The van der Waals surface area contributed by atoms with Crippen molar-refractivity contribution in [3.63, 3.8) is 0 Å². The number of hydrogen-bond donors (Lipinski definition) is 2. The number of carbonyl (C=O) groups is 3. The Morgan fingerprint density at radius 2 is 1.46 bits per heavy atom. The zero-order valence-electron chi connectivity index (χ0n) is 21.8. The van der Waals surface area contributed by atoms with Gasteiger partial charge in [0.2, 0.25) is 17.6 Å². The Kier molecular flexibility index (Phi) is 10.00. The van der Waals surface area contributed by atoms with Crippen LogP contribution in [0.2, 0.25) is 0 Å². The van der Waals surface area contributed by atoms with Crippen LogP contribution < -0.4 is 29.6 Å². The largest absolute Gasteiger partial charge is 0.497 e. The SMILES string of the molecule is COc1ccc(NC(=O)CNC(=O)CN(C(=O)c2cc(OC)c(OC)c(OC)c2)C2CCCCC2)cc1.